The Bertz CT molecular complexity index is 1300. The van der Waals surface area contributed by atoms with E-state index in [9.17, 15) is 19.4 Å². The van der Waals surface area contributed by atoms with Crippen molar-refractivity contribution in [3.8, 4) is 11.9 Å². The summed E-state index contributed by atoms with van der Waals surface area (Å²) in [5, 5.41) is 40.2. The zero-order chi connectivity index (χ0) is 26.1. The van der Waals surface area contributed by atoms with Gasteiger partial charge in [0, 0.05) is 29.9 Å². The molecule has 4 rings (SSSR count). The predicted molar refractivity (Wildman–Crippen MR) is 131 cm³/mol. The van der Waals surface area contributed by atoms with Gasteiger partial charge in [0.15, 0.2) is 11.5 Å². The van der Waals surface area contributed by atoms with Gasteiger partial charge in [-0.3, -0.25) is 4.79 Å². The van der Waals surface area contributed by atoms with Crippen LogP contribution in [0, 0.1) is 11.3 Å². The van der Waals surface area contributed by atoms with Gasteiger partial charge < -0.3 is 20.8 Å². The van der Waals surface area contributed by atoms with Crippen LogP contribution in [0.3, 0.4) is 0 Å². The van der Waals surface area contributed by atoms with Crippen LogP contribution < -0.4 is 10.6 Å². The SMILES string of the molecule is CC(C)(O)[C@H](F)CNC(=O)c1cnc(-n2ncc3cc(C#N)cnc32)cc1N[C@H]1CC[C@@](C)(O)CC1. The Morgan fingerprint density at radius 2 is 2.03 bits per heavy atom. The number of pyridine rings is 2. The highest BCUT2D eigenvalue weighted by atomic mass is 19.1. The van der Waals surface area contributed by atoms with Gasteiger partial charge in [-0.05, 0) is 52.5 Å². The molecule has 0 radical (unpaired) electrons. The fourth-order valence-corrected chi connectivity index (χ4v) is 4.14. The van der Waals surface area contributed by atoms with E-state index >= 15 is 0 Å². The lowest BCUT2D eigenvalue weighted by atomic mass is 9.83. The van der Waals surface area contributed by atoms with Gasteiger partial charge in [0.25, 0.3) is 5.91 Å². The molecule has 36 heavy (non-hydrogen) atoms. The number of alkyl halides is 1. The number of nitriles is 1. The van der Waals surface area contributed by atoms with Gasteiger partial charge in [-0.15, -0.1) is 0 Å². The zero-order valence-electron chi connectivity index (χ0n) is 20.5. The highest BCUT2D eigenvalue weighted by molar-refractivity contribution is 5.99. The van der Waals surface area contributed by atoms with Crippen LogP contribution in [-0.2, 0) is 0 Å². The molecular weight excluding hydrogens is 465 g/mol. The smallest absolute Gasteiger partial charge is 0.255 e. The van der Waals surface area contributed by atoms with Crippen molar-refractivity contribution >= 4 is 22.6 Å². The molecule has 0 aliphatic heterocycles. The van der Waals surface area contributed by atoms with E-state index < -0.39 is 23.3 Å². The van der Waals surface area contributed by atoms with Gasteiger partial charge in [0.05, 0.1) is 40.8 Å². The number of aliphatic hydroxyl groups is 2. The molecule has 1 fully saturated rings. The Morgan fingerprint density at radius 3 is 2.69 bits per heavy atom. The van der Waals surface area contributed by atoms with Gasteiger partial charge in [-0.25, -0.2) is 14.4 Å². The maximum absolute atomic E-state index is 14.2. The Balaban J connectivity index is 1.65. The van der Waals surface area contributed by atoms with Gasteiger partial charge in [0.1, 0.15) is 12.2 Å². The lowest BCUT2D eigenvalue weighted by Crippen LogP contribution is -2.42. The lowest BCUT2D eigenvalue weighted by Gasteiger charge is -2.34. The fraction of sp³-hybridized carbons (Fsp3) is 0.480. The highest BCUT2D eigenvalue weighted by Crippen LogP contribution is 2.31. The molecule has 11 heteroatoms. The lowest BCUT2D eigenvalue weighted by molar-refractivity contribution is -0.00178. The van der Waals surface area contributed by atoms with Crippen molar-refractivity contribution in [2.24, 2.45) is 0 Å². The van der Waals surface area contributed by atoms with Gasteiger partial charge in [-0.1, -0.05) is 0 Å². The molecule has 3 heterocycles. The van der Waals surface area contributed by atoms with Crippen LogP contribution in [0.25, 0.3) is 16.9 Å². The number of carbonyl (C=O) groups is 1. The Morgan fingerprint density at radius 1 is 1.31 bits per heavy atom. The molecule has 0 aromatic carbocycles. The first-order chi connectivity index (χ1) is 17.0. The molecule has 4 N–H and O–H groups in total. The standard InChI is InChI=1S/C25H30FN7O3/c1-24(2,35)20(26)14-30-23(34)18-13-28-21(9-19(18)32-17-4-6-25(3,36)7-5-17)33-22-16(12-31-33)8-15(10-27)11-29-22/h8-9,11-13,17,20,35-36H,4-7,14H2,1-3H3,(H,28,32)(H,30,34)/t17-,20-,25+/m1/s1. The fourth-order valence-electron chi connectivity index (χ4n) is 4.14. The third-order valence-electron chi connectivity index (χ3n) is 6.52. The zero-order valence-corrected chi connectivity index (χ0v) is 20.5. The van der Waals surface area contributed by atoms with Gasteiger partial charge in [-0.2, -0.15) is 15.0 Å². The number of rotatable bonds is 7. The number of nitrogens with zero attached hydrogens (tertiary/aromatic N) is 5. The van der Waals surface area contributed by atoms with Crippen molar-refractivity contribution in [3.05, 3.63) is 41.9 Å². The topological polar surface area (TPSA) is 149 Å². The number of amides is 1. The van der Waals surface area contributed by atoms with Crippen molar-refractivity contribution < 1.29 is 19.4 Å². The van der Waals surface area contributed by atoms with Gasteiger partial charge in [0.2, 0.25) is 0 Å². The molecule has 0 spiro atoms. The van der Waals surface area contributed by atoms with E-state index in [4.69, 9.17) is 5.26 Å². The molecule has 3 aromatic heterocycles. The van der Waals surface area contributed by atoms with E-state index in [2.05, 4.69) is 25.7 Å². The molecule has 1 aliphatic rings. The third kappa shape index (κ3) is 5.61. The first-order valence-corrected chi connectivity index (χ1v) is 11.8. The summed E-state index contributed by atoms with van der Waals surface area (Å²) in [6.07, 6.45) is 5.43. The number of fused-ring (bicyclic) bond motifs is 1. The van der Waals surface area contributed by atoms with E-state index in [0.717, 1.165) is 0 Å². The molecule has 1 saturated carbocycles. The summed E-state index contributed by atoms with van der Waals surface area (Å²) in [6, 6.07) is 5.42. The summed E-state index contributed by atoms with van der Waals surface area (Å²) in [5.74, 6) is -0.128. The van der Waals surface area contributed by atoms with Crippen molar-refractivity contribution in [2.75, 3.05) is 11.9 Å². The summed E-state index contributed by atoms with van der Waals surface area (Å²) >= 11 is 0. The molecule has 190 valence electrons. The minimum atomic E-state index is -1.65. The highest BCUT2D eigenvalue weighted by Gasteiger charge is 2.30. The Kier molecular flexibility index (Phi) is 6.93. The molecule has 0 unspecified atom stereocenters. The molecular formula is C25H30FN7O3. The Labute approximate surface area is 208 Å². The van der Waals surface area contributed by atoms with Crippen LogP contribution in [0.2, 0.25) is 0 Å². The molecule has 1 amide bonds. The predicted octanol–water partition coefficient (Wildman–Crippen LogP) is 2.63. The second-order valence-electron chi connectivity index (χ2n) is 10.1. The summed E-state index contributed by atoms with van der Waals surface area (Å²) in [5.41, 5.74) is -0.680. The monoisotopic (exact) mass is 495 g/mol. The normalized spacial score (nSPS) is 21.1. The van der Waals surface area contributed by atoms with E-state index in [1.54, 1.807) is 18.3 Å². The van der Waals surface area contributed by atoms with Crippen LogP contribution in [0.5, 0.6) is 0 Å². The quantitative estimate of drug-likeness (QED) is 0.391. The number of carbonyl (C=O) groups excluding carboxylic acids is 1. The summed E-state index contributed by atoms with van der Waals surface area (Å²) in [7, 11) is 0. The largest absolute Gasteiger partial charge is 0.390 e. The summed E-state index contributed by atoms with van der Waals surface area (Å²) in [6.45, 7) is 4.14. The summed E-state index contributed by atoms with van der Waals surface area (Å²) in [4.78, 5) is 21.7. The van der Waals surface area contributed by atoms with E-state index in [1.165, 1.54) is 30.9 Å². The number of halogens is 1. The van der Waals surface area contributed by atoms with Crippen LogP contribution in [-0.4, -0.2) is 65.8 Å². The maximum atomic E-state index is 14.2. The van der Waals surface area contributed by atoms with Crippen molar-refractivity contribution in [1.82, 2.24) is 25.1 Å². The van der Waals surface area contributed by atoms with Crippen LogP contribution in [0.1, 0.15) is 62.4 Å². The minimum absolute atomic E-state index is 0.0167. The number of nitrogens with one attached hydrogen (secondary N) is 2. The maximum Gasteiger partial charge on any atom is 0.255 e. The van der Waals surface area contributed by atoms with E-state index in [1.807, 2.05) is 13.0 Å². The first-order valence-electron chi connectivity index (χ1n) is 11.8. The Hall–Kier alpha value is -3.62. The number of aromatic nitrogens is 4. The van der Waals surface area contributed by atoms with E-state index in [-0.39, 0.29) is 18.2 Å². The number of hydrogen-bond donors (Lipinski definition) is 4. The first kappa shape index (κ1) is 25.5. The van der Waals surface area contributed by atoms with Crippen molar-refractivity contribution in [2.45, 2.75) is 69.9 Å². The second kappa shape index (κ2) is 9.79. The van der Waals surface area contributed by atoms with Crippen molar-refractivity contribution in [3.63, 3.8) is 0 Å². The number of hydrogen-bond acceptors (Lipinski definition) is 8. The molecule has 1 aliphatic carbocycles. The molecule has 0 bridgehead atoms. The van der Waals surface area contributed by atoms with Gasteiger partial charge >= 0.3 is 0 Å². The number of anilines is 1. The molecule has 3 aromatic rings. The third-order valence-corrected chi connectivity index (χ3v) is 6.52. The van der Waals surface area contributed by atoms with Crippen LogP contribution in [0.15, 0.2) is 30.7 Å². The molecule has 0 saturated heterocycles. The second-order valence-corrected chi connectivity index (χ2v) is 10.1. The average molecular weight is 496 g/mol. The van der Waals surface area contributed by atoms with Crippen molar-refractivity contribution in [1.29, 1.82) is 5.26 Å². The summed E-state index contributed by atoms with van der Waals surface area (Å²) < 4.78 is 15.7. The van der Waals surface area contributed by atoms with Crippen LogP contribution in [0.4, 0.5) is 10.1 Å². The average Bonchev–Trinajstić information content (AvgIpc) is 3.26. The molecule has 10 nitrogen and oxygen atoms in total. The van der Waals surface area contributed by atoms with Crippen LogP contribution >= 0.6 is 0 Å². The van der Waals surface area contributed by atoms with E-state index in [0.29, 0.717) is 53.8 Å². The minimum Gasteiger partial charge on any atom is -0.390 e. The molecule has 1 atom stereocenters.